The van der Waals surface area contributed by atoms with Crippen LogP contribution >= 0.6 is 0 Å². The van der Waals surface area contributed by atoms with E-state index >= 15 is 0 Å². The van der Waals surface area contributed by atoms with Crippen molar-refractivity contribution in [1.29, 1.82) is 0 Å². The van der Waals surface area contributed by atoms with E-state index in [0.29, 0.717) is 5.56 Å². The Bertz CT molecular complexity index is 1100. The van der Waals surface area contributed by atoms with E-state index in [4.69, 9.17) is 4.98 Å². The normalized spacial score (nSPS) is 10.9. The standard InChI is InChI=1S/C23H22N4O/c1-2-27-21-9-4-3-8-20(21)26-22(27)11-10-17-6-5-7-19(16-17)25-23(28)18-12-14-24-15-13-18/h3-9,12-16H,2,10-11H2,1H3,(H,25,28). The van der Waals surface area contributed by atoms with Crippen LogP contribution in [0, 0.1) is 0 Å². The molecule has 4 aromatic rings. The van der Waals surface area contributed by atoms with E-state index in [-0.39, 0.29) is 5.91 Å². The topological polar surface area (TPSA) is 59.8 Å². The number of rotatable bonds is 6. The molecule has 4 rings (SSSR count). The van der Waals surface area contributed by atoms with E-state index in [0.717, 1.165) is 36.4 Å². The average molecular weight is 370 g/mol. The largest absolute Gasteiger partial charge is 0.328 e. The van der Waals surface area contributed by atoms with Gasteiger partial charge in [-0.05, 0) is 55.3 Å². The minimum Gasteiger partial charge on any atom is -0.328 e. The highest BCUT2D eigenvalue weighted by atomic mass is 16.1. The van der Waals surface area contributed by atoms with Gasteiger partial charge in [0.05, 0.1) is 11.0 Å². The van der Waals surface area contributed by atoms with Gasteiger partial charge in [0.1, 0.15) is 5.82 Å². The molecule has 0 fully saturated rings. The Kier molecular flexibility index (Phi) is 5.15. The second-order valence-corrected chi connectivity index (χ2v) is 6.65. The quantitative estimate of drug-likeness (QED) is 0.544. The Hall–Kier alpha value is -3.47. The van der Waals surface area contributed by atoms with Crippen LogP contribution in [0.15, 0.2) is 73.1 Å². The second-order valence-electron chi connectivity index (χ2n) is 6.65. The molecular formula is C23H22N4O. The van der Waals surface area contributed by atoms with Crippen molar-refractivity contribution in [3.63, 3.8) is 0 Å². The molecule has 1 N–H and O–H groups in total. The van der Waals surface area contributed by atoms with Gasteiger partial charge in [0.2, 0.25) is 0 Å². The van der Waals surface area contributed by atoms with Crippen molar-refractivity contribution in [2.24, 2.45) is 0 Å². The Morgan fingerprint density at radius 3 is 2.64 bits per heavy atom. The molecule has 2 aromatic carbocycles. The number of imidazole rings is 1. The number of anilines is 1. The fraction of sp³-hybridized carbons (Fsp3) is 0.174. The maximum Gasteiger partial charge on any atom is 0.255 e. The molecule has 28 heavy (non-hydrogen) atoms. The fourth-order valence-electron chi connectivity index (χ4n) is 3.44. The molecule has 0 aliphatic carbocycles. The van der Waals surface area contributed by atoms with E-state index in [1.807, 2.05) is 24.3 Å². The highest BCUT2D eigenvalue weighted by Crippen LogP contribution is 2.19. The first-order chi connectivity index (χ1) is 13.7. The van der Waals surface area contributed by atoms with Crippen molar-refractivity contribution in [2.75, 3.05) is 5.32 Å². The molecule has 0 saturated heterocycles. The summed E-state index contributed by atoms with van der Waals surface area (Å²) in [5.74, 6) is 0.960. The lowest BCUT2D eigenvalue weighted by Gasteiger charge is -2.09. The summed E-state index contributed by atoms with van der Waals surface area (Å²) in [7, 11) is 0. The van der Waals surface area contributed by atoms with Gasteiger partial charge in [0.25, 0.3) is 5.91 Å². The third kappa shape index (κ3) is 3.78. The van der Waals surface area contributed by atoms with Crippen molar-refractivity contribution in [2.45, 2.75) is 26.3 Å². The van der Waals surface area contributed by atoms with E-state index in [2.05, 4.69) is 46.1 Å². The van der Waals surface area contributed by atoms with Crippen LogP contribution in [-0.4, -0.2) is 20.4 Å². The van der Waals surface area contributed by atoms with Gasteiger partial charge >= 0.3 is 0 Å². The number of carbonyl (C=O) groups excluding carboxylic acids is 1. The number of benzene rings is 2. The van der Waals surface area contributed by atoms with Crippen LogP contribution in [-0.2, 0) is 19.4 Å². The highest BCUT2D eigenvalue weighted by molar-refractivity contribution is 6.04. The first-order valence-electron chi connectivity index (χ1n) is 9.49. The van der Waals surface area contributed by atoms with Crippen LogP contribution in [0.4, 0.5) is 5.69 Å². The predicted octanol–water partition coefficient (Wildman–Crippen LogP) is 4.49. The minimum atomic E-state index is -0.132. The van der Waals surface area contributed by atoms with Crippen LogP contribution in [0.1, 0.15) is 28.7 Å². The predicted molar refractivity (Wildman–Crippen MR) is 111 cm³/mol. The summed E-state index contributed by atoms with van der Waals surface area (Å²) in [5.41, 5.74) is 4.78. The Morgan fingerprint density at radius 2 is 1.82 bits per heavy atom. The summed E-state index contributed by atoms with van der Waals surface area (Å²) in [5, 5.41) is 2.95. The van der Waals surface area contributed by atoms with Gasteiger partial charge in [-0.3, -0.25) is 9.78 Å². The van der Waals surface area contributed by atoms with Gasteiger partial charge in [-0.25, -0.2) is 4.98 Å². The molecule has 0 unspecified atom stereocenters. The van der Waals surface area contributed by atoms with Gasteiger partial charge in [-0.15, -0.1) is 0 Å². The van der Waals surface area contributed by atoms with Gasteiger partial charge < -0.3 is 9.88 Å². The molecular weight excluding hydrogens is 348 g/mol. The zero-order valence-corrected chi connectivity index (χ0v) is 15.8. The summed E-state index contributed by atoms with van der Waals surface area (Å²) < 4.78 is 2.27. The zero-order chi connectivity index (χ0) is 19.3. The number of pyridine rings is 1. The Balaban J connectivity index is 1.48. The summed E-state index contributed by atoms with van der Waals surface area (Å²) in [6.45, 7) is 3.05. The first kappa shape index (κ1) is 17.9. The molecule has 0 spiro atoms. The molecule has 2 aromatic heterocycles. The molecule has 0 radical (unpaired) electrons. The van der Waals surface area contributed by atoms with Crippen molar-refractivity contribution in [3.8, 4) is 0 Å². The van der Waals surface area contributed by atoms with Gasteiger partial charge in [0.15, 0.2) is 0 Å². The van der Waals surface area contributed by atoms with Gasteiger partial charge in [-0.1, -0.05) is 24.3 Å². The molecule has 2 heterocycles. The number of carbonyl (C=O) groups is 1. The molecule has 5 heteroatoms. The average Bonchev–Trinajstić information content (AvgIpc) is 3.10. The molecule has 140 valence electrons. The molecule has 5 nitrogen and oxygen atoms in total. The summed E-state index contributed by atoms with van der Waals surface area (Å²) in [4.78, 5) is 21.1. The maximum absolute atomic E-state index is 12.3. The summed E-state index contributed by atoms with van der Waals surface area (Å²) in [6.07, 6.45) is 4.95. The fourth-order valence-corrected chi connectivity index (χ4v) is 3.44. The second kappa shape index (κ2) is 8.05. The monoisotopic (exact) mass is 370 g/mol. The summed E-state index contributed by atoms with van der Waals surface area (Å²) in [6, 6.07) is 19.6. The van der Waals surface area contributed by atoms with Crippen molar-refractivity contribution >= 4 is 22.6 Å². The third-order valence-corrected chi connectivity index (χ3v) is 4.81. The van der Waals surface area contributed by atoms with Crippen LogP contribution in [0.2, 0.25) is 0 Å². The SMILES string of the molecule is CCn1c(CCc2cccc(NC(=O)c3ccncc3)c2)nc2ccccc21. The lowest BCUT2D eigenvalue weighted by molar-refractivity contribution is 0.102. The maximum atomic E-state index is 12.3. The molecule has 0 aliphatic rings. The highest BCUT2D eigenvalue weighted by Gasteiger charge is 2.10. The number of aryl methyl sites for hydroxylation is 3. The van der Waals surface area contributed by atoms with E-state index in [1.54, 1.807) is 24.5 Å². The molecule has 0 saturated carbocycles. The first-order valence-corrected chi connectivity index (χ1v) is 9.49. The van der Waals surface area contributed by atoms with E-state index < -0.39 is 0 Å². The minimum absolute atomic E-state index is 0.132. The number of nitrogens with zero attached hydrogens (tertiary/aromatic N) is 3. The molecule has 0 aliphatic heterocycles. The lowest BCUT2D eigenvalue weighted by atomic mass is 10.1. The third-order valence-electron chi connectivity index (χ3n) is 4.81. The summed E-state index contributed by atoms with van der Waals surface area (Å²) >= 11 is 0. The van der Waals surface area contributed by atoms with Gasteiger partial charge in [0, 0.05) is 36.6 Å². The molecule has 1 amide bonds. The number of aromatic nitrogens is 3. The van der Waals surface area contributed by atoms with Gasteiger partial charge in [-0.2, -0.15) is 0 Å². The number of para-hydroxylation sites is 2. The Labute approximate surface area is 164 Å². The van der Waals surface area contributed by atoms with Crippen LogP contribution in [0.5, 0.6) is 0 Å². The molecule has 0 atom stereocenters. The smallest absolute Gasteiger partial charge is 0.255 e. The number of amides is 1. The number of fused-ring (bicyclic) bond motifs is 1. The van der Waals surface area contributed by atoms with Crippen molar-refractivity contribution in [3.05, 3.63) is 90.0 Å². The van der Waals surface area contributed by atoms with Crippen LogP contribution < -0.4 is 5.32 Å². The van der Waals surface area contributed by atoms with Crippen LogP contribution in [0.25, 0.3) is 11.0 Å². The van der Waals surface area contributed by atoms with Crippen LogP contribution in [0.3, 0.4) is 0 Å². The van der Waals surface area contributed by atoms with Crippen molar-refractivity contribution < 1.29 is 4.79 Å². The van der Waals surface area contributed by atoms with E-state index in [1.165, 1.54) is 11.1 Å². The molecule has 0 bridgehead atoms. The number of hydrogen-bond acceptors (Lipinski definition) is 3. The number of nitrogens with one attached hydrogen (secondary N) is 1. The van der Waals surface area contributed by atoms with Crippen molar-refractivity contribution in [1.82, 2.24) is 14.5 Å². The lowest BCUT2D eigenvalue weighted by Crippen LogP contribution is -2.12. The zero-order valence-electron chi connectivity index (χ0n) is 15.8. The number of hydrogen-bond donors (Lipinski definition) is 1. The Morgan fingerprint density at radius 1 is 1.00 bits per heavy atom. The van der Waals surface area contributed by atoms with E-state index in [9.17, 15) is 4.79 Å².